The smallest absolute Gasteiger partial charge is 0.326 e. The van der Waals surface area contributed by atoms with Crippen LogP contribution in [0.5, 0.6) is 0 Å². The Bertz CT molecular complexity index is 697. The molecule has 1 unspecified atom stereocenters. The van der Waals surface area contributed by atoms with Gasteiger partial charge >= 0.3 is 5.97 Å². The molecule has 3 N–H and O–H groups in total. The molecule has 0 aromatic carbocycles. The fourth-order valence-corrected chi connectivity index (χ4v) is 3.32. The Balaban J connectivity index is 1.88. The number of H-pyrrole nitrogens is 1. The highest BCUT2D eigenvalue weighted by Crippen LogP contribution is 2.16. The molecule has 0 fully saturated rings. The first kappa shape index (κ1) is 15.5. The molecule has 0 bridgehead atoms. The summed E-state index contributed by atoms with van der Waals surface area (Å²) in [7, 11) is 0. The van der Waals surface area contributed by atoms with Gasteiger partial charge in [0, 0.05) is 0 Å². The first-order chi connectivity index (χ1) is 10.1. The molecule has 0 saturated carbocycles. The first-order valence-electron chi connectivity index (χ1n) is 6.08. The molecule has 0 spiro atoms. The van der Waals surface area contributed by atoms with E-state index in [0.29, 0.717) is 40.4 Å². The number of carboxylic acid groups (broad SMARTS) is 1. The molecule has 9 heteroatoms. The van der Waals surface area contributed by atoms with E-state index in [2.05, 4.69) is 15.3 Å². The zero-order chi connectivity index (χ0) is 15.2. The van der Waals surface area contributed by atoms with Crippen molar-refractivity contribution in [1.82, 2.24) is 15.3 Å². The average molecular weight is 327 g/mol. The van der Waals surface area contributed by atoms with Gasteiger partial charge in [-0.3, -0.25) is 9.59 Å². The van der Waals surface area contributed by atoms with Gasteiger partial charge in [-0.05, 0) is 23.6 Å². The SMILES string of the molecule is O=CNC(CCSCc1nc2ccsc2c(=O)[nH]1)C(=O)O. The van der Waals surface area contributed by atoms with Crippen LogP contribution in [0.4, 0.5) is 0 Å². The van der Waals surface area contributed by atoms with Gasteiger partial charge in [0.15, 0.2) is 0 Å². The minimum Gasteiger partial charge on any atom is -0.480 e. The summed E-state index contributed by atoms with van der Waals surface area (Å²) >= 11 is 2.79. The molecule has 1 amide bonds. The number of aromatic amines is 1. The number of aliphatic carboxylic acids is 1. The second kappa shape index (κ2) is 7.23. The predicted octanol–water partition coefficient (Wildman–Crippen LogP) is 0.807. The van der Waals surface area contributed by atoms with E-state index in [4.69, 9.17) is 5.11 Å². The minimum absolute atomic E-state index is 0.156. The standard InChI is InChI=1S/C12H13N3O4S2/c16-6-13-8(12(18)19)1-3-20-5-9-14-7-2-4-21-10(7)11(17)15-9/h2,4,6,8H,1,3,5H2,(H,13,16)(H,18,19)(H,14,15,17). The number of hydrogen-bond acceptors (Lipinski definition) is 6. The van der Waals surface area contributed by atoms with Crippen LogP contribution in [0.25, 0.3) is 10.2 Å². The number of carbonyl (C=O) groups is 2. The van der Waals surface area contributed by atoms with E-state index < -0.39 is 12.0 Å². The van der Waals surface area contributed by atoms with E-state index in [1.54, 1.807) is 6.07 Å². The molecular weight excluding hydrogens is 314 g/mol. The van der Waals surface area contributed by atoms with Gasteiger partial charge < -0.3 is 15.4 Å². The lowest BCUT2D eigenvalue weighted by molar-refractivity contribution is -0.140. The summed E-state index contributed by atoms with van der Waals surface area (Å²) in [5.74, 6) is 0.512. The molecule has 21 heavy (non-hydrogen) atoms. The van der Waals surface area contributed by atoms with Crippen molar-refractivity contribution < 1.29 is 14.7 Å². The number of fused-ring (bicyclic) bond motifs is 1. The highest BCUT2D eigenvalue weighted by Gasteiger charge is 2.15. The van der Waals surface area contributed by atoms with Crippen LogP contribution in [0.2, 0.25) is 0 Å². The molecule has 2 aromatic heterocycles. The Morgan fingerprint density at radius 1 is 1.62 bits per heavy atom. The normalized spacial score (nSPS) is 12.2. The molecule has 112 valence electrons. The fraction of sp³-hybridized carbons (Fsp3) is 0.333. The zero-order valence-electron chi connectivity index (χ0n) is 10.9. The highest BCUT2D eigenvalue weighted by molar-refractivity contribution is 7.98. The molecule has 0 aliphatic heterocycles. The molecule has 0 radical (unpaired) electrons. The maximum Gasteiger partial charge on any atom is 0.326 e. The number of thioether (sulfide) groups is 1. The van der Waals surface area contributed by atoms with Crippen LogP contribution in [0.15, 0.2) is 16.2 Å². The summed E-state index contributed by atoms with van der Waals surface area (Å²) < 4.78 is 0.602. The Kier molecular flexibility index (Phi) is 5.34. The van der Waals surface area contributed by atoms with Crippen molar-refractivity contribution in [3.8, 4) is 0 Å². The van der Waals surface area contributed by atoms with Gasteiger partial charge in [0.25, 0.3) is 5.56 Å². The third-order valence-corrected chi connectivity index (χ3v) is 4.63. The number of carbonyl (C=O) groups excluding carboxylic acids is 1. The molecule has 0 aliphatic rings. The van der Waals surface area contributed by atoms with Crippen LogP contribution < -0.4 is 10.9 Å². The van der Waals surface area contributed by atoms with Crippen molar-refractivity contribution in [2.24, 2.45) is 0 Å². The summed E-state index contributed by atoms with van der Waals surface area (Å²) in [5.41, 5.74) is 0.516. The summed E-state index contributed by atoms with van der Waals surface area (Å²) in [4.78, 5) is 39.9. The largest absolute Gasteiger partial charge is 0.480 e. The summed E-state index contributed by atoms with van der Waals surface area (Å²) in [6, 6.07) is 0.902. The molecule has 1 atom stereocenters. The van der Waals surface area contributed by atoms with Gasteiger partial charge in [-0.1, -0.05) is 0 Å². The lowest BCUT2D eigenvalue weighted by Crippen LogP contribution is -2.36. The predicted molar refractivity (Wildman–Crippen MR) is 81.6 cm³/mol. The van der Waals surface area contributed by atoms with E-state index in [1.165, 1.54) is 23.1 Å². The Labute approximate surface area is 127 Å². The highest BCUT2D eigenvalue weighted by atomic mass is 32.2. The molecule has 2 heterocycles. The molecule has 2 aromatic rings. The fourth-order valence-electron chi connectivity index (χ4n) is 1.72. The van der Waals surface area contributed by atoms with Gasteiger partial charge in [-0.25, -0.2) is 9.78 Å². The third-order valence-electron chi connectivity index (χ3n) is 2.72. The lowest BCUT2D eigenvalue weighted by Gasteiger charge is -2.10. The van der Waals surface area contributed by atoms with Crippen molar-refractivity contribution in [2.75, 3.05) is 5.75 Å². The minimum atomic E-state index is -1.06. The summed E-state index contributed by atoms with van der Waals surface area (Å²) in [5, 5.41) is 12.9. The van der Waals surface area contributed by atoms with Crippen LogP contribution in [0, 0.1) is 0 Å². The number of nitrogens with one attached hydrogen (secondary N) is 2. The Hall–Kier alpha value is -1.87. The van der Waals surface area contributed by atoms with Crippen LogP contribution >= 0.6 is 23.1 Å². The number of aromatic nitrogens is 2. The van der Waals surface area contributed by atoms with Crippen LogP contribution in [0.3, 0.4) is 0 Å². The number of thiophene rings is 1. The third kappa shape index (κ3) is 4.05. The second-order valence-corrected chi connectivity index (χ2v) is 6.19. The lowest BCUT2D eigenvalue weighted by atomic mass is 10.2. The van der Waals surface area contributed by atoms with E-state index in [1.807, 2.05) is 5.38 Å². The first-order valence-corrected chi connectivity index (χ1v) is 8.12. The molecule has 2 rings (SSSR count). The Morgan fingerprint density at radius 3 is 3.14 bits per heavy atom. The van der Waals surface area contributed by atoms with Crippen LogP contribution in [-0.4, -0.2) is 39.2 Å². The molecular formula is C12H13N3O4S2. The molecule has 0 saturated heterocycles. The average Bonchev–Trinajstić information content (AvgIpc) is 2.91. The van der Waals surface area contributed by atoms with Gasteiger partial charge in [0.1, 0.15) is 16.6 Å². The van der Waals surface area contributed by atoms with Crippen molar-refractivity contribution in [2.45, 2.75) is 18.2 Å². The van der Waals surface area contributed by atoms with Crippen LogP contribution in [0.1, 0.15) is 12.2 Å². The quantitative estimate of drug-likeness (QED) is 0.488. The number of carboxylic acids is 1. The summed E-state index contributed by atoms with van der Waals surface area (Å²) in [6.45, 7) is 0. The van der Waals surface area contributed by atoms with Gasteiger partial charge in [-0.15, -0.1) is 11.3 Å². The van der Waals surface area contributed by atoms with E-state index in [9.17, 15) is 14.4 Å². The number of rotatable bonds is 8. The van der Waals surface area contributed by atoms with Crippen LogP contribution in [-0.2, 0) is 15.3 Å². The maximum absolute atomic E-state index is 11.8. The molecule has 7 nitrogen and oxygen atoms in total. The van der Waals surface area contributed by atoms with Gasteiger partial charge in [0.05, 0.1) is 11.3 Å². The van der Waals surface area contributed by atoms with Crippen molar-refractivity contribution in [1.29, 1.82) is 0 Å². The maximum atomic E-state index is 11.8. The number of amides is 1. The van der Waals surface area contributed by atoms with E-state index >= 15 is 0 Å². The number of nitrogens with zero attached hydrogens (tertiary/aromatic N) is 1. The second-order valence-electron chi connectivity index (χ2n) is 4.16. The van der Waals surface area contributed by atoms with E-state index in [-0.39, 0.29) is 5.56 Å². The van der Waals surface area contributed by atoms with E-state index in [0.717, 1.165) is 0 Å². The van der Waals surface area contributed by atoms with Crippen molar-refractivity contribution >= 4 is 45.7 Å². The Morgan fingerprint density at radius 2 is 2.43 bits per heavy atom. The van der Waals surface area contributed by atoms with Crippen molar-refractivity contribution in [3.63, 3.8) is 0 Å². The monoisotopic (exact) mass is 327 g/mol. The molecule has 0 aliphatic carbocycles. The van der Waals surface area contributed by atoms with Gasteiger partial charge in [0.2, 0.25) is 6.41 Å². The number of hydrogen-bond donors (Lipinski definition) is 3. The van der Waals surface area contributed by atoms with Gasteiger partial charge in [-0.2, -0.15) is 11.8 Å². The van der Waals surface area contributed by atoms with Crippen molar-refractivity contribution in [3.05, 3.63) is 27.6 Å². The zero-order valence-corrected chi connectivity index (χ0v) is 12.5. The summed E-state index contributed by atoms with van der Waals surface area (Å²) in [6.07, 6.45) is 0.691. The topological polar surface area (TPSA) is 112 Å².